The maximum Gasteiger partial charge on any atom is 0.0404 e. The van der Waals surface area contributed by atoms with Crippen molar-refractivity contribution in [1.29, 1.82) is 0 Å². The van der Waals surface area contributed by atoms with Crippen LogP contribution in [0.25, 0.3) is 0 Å². The van der Waals surface area contributed by atoms with E-state index in [9.17, 15) is 0 Å². The van der Waals surface area contributed by atoms with Crippen LogP contribution in [0.1, 0.15) is 31.9 Å². The number of rotatable bonds is 8. The molecule has 0 aromatic carbocycles. The van der Waals surface area contributed by atoms with Crippen LogP contribution in [0, 0.1) is 0 Å². The van der Waals surface area contributed by atoms with Crippen molar-refractivity contribution < 1.29 is 0 Å². The largest absolute Gasteiger partial charge is 0.314 e. The highest BCUT2D eigenvalue weighted by atomic mass is 14.9. The Morgan fingerprint density at radius 1 is 1.50 bits per heavy atom. The van der Waals surface area contributed by atoms with Gasteiger partial charge in [-0.15, -0.1) is 6.58 Å². The van der Waals surface area contributed by atoms with Crippen molar-refractivity contribution in [2.45, 2.75) is 38.6 Å². The summed E-state index contributed by atoms with van der Waals surface area (Å²) in [6.45, 7) is 7.08. The number of aromatic nitrogens is 1. The zero-order chi connectivity index (χ0) is 11.6. The molecule has 0 aliphatic heterocycles. The van der Waals surface area contributed by atoms with Gasteiger partial charge < -0.3 is 5.32 Å². The molecule has 0 saturated heterocycles. The fraction of sp³-hybridized carbons (Fsp3) is 0.500. The number of hydrogen-bond donors (Lipinski definition) is 1. The predicted octanol–water partition coefficient (Wildman–Crippen LogP) is 2.96. The Bertz CT molecular complexity index is 282. The standard InChI is InChI=1S/C14H22N2/c1-3-7-13(15-11-4-2)9-10-14-8-5-6-12-16-14/h3,5-6,8,12-13,15H,1,4,7,9-11H2,2H3. The number of nitrogens with zero attached hydrogens (tertiary/aromatic N) is 1. The van der Waals surface area contributed by atoms with E-state index in [-0.39, 0.29) is 0 Å². The molecule has 16 heavy (non-hydrogen) atoms. The lowest BCUT2D eigenvalue weighted by atomic mass is 10.1. The molecule has 2 nitrogen and oxygen atoms in total. The summed E-state index contributed by atoms with van der Waals surface area (Å²) in [6.07, 6.45) is 8.23. The molecule has 1 unspecified atom stereocenters. The van der Waals surface area contributed by atoms with Crippen molar-refractivity contribution in [2.75, 3.05) is 6.54 Å². The van der Waals surface area contributed by atoms with Crippen LogP contribution in [0.4, 0.5) is 0 Å². The van der Waals surface area contributed by atoms with Crippen LogP contribution >= 0.6 is 0 Å². The molecule has 0 aliphatic carbocycles. The first-order valence-corrected chi connectivity index (χ1v) is 6.11. The normalized spacial score (nSPS) is 12.3. The second-order valence-corrected chi connectivity index (χ2v) is 4.04. The third kappa shape index (κ3) is 5.08. The Morgan fingerprint density at radius 2 is 2.38 bits per heavy atom. The van der Waals surface area contributed by atoms with Gasteiger partial charge in [0.1, 0.15) is 0 Å². The van der Waals surface area contributed by atoms with Crippen molar-refractivity contribution >= 4 is 0 Å². The molecule has 0 saturated carbocycles. The SMILES string of the molecule is C=CCC(CCc1ccccn1)NCCC. The lowest BCUT2D eigenvalue weighted by Crippen LogP contribution is -2.29. The molecule has 0 amide bonds. The number of nitrogens with one attached hydrogen (secondary N) is 1. The minimum absolute atomic E-state index is 0.541. The first kappa shape index (κ1) is 12.9. The molecule has 1 heterocycles. The molecule has 88 valence electrons. The van der Waals surface area contributed by atoms with Crippen molar-refractivity contribution in [1.82, 2.24) is 10.3 Å². The molecule has 0 spiro atoms. The smallest absolute Gasteiger partial charge is 0.0404 e. The van der Waals surface area contributed by atoms with Crippen LogP contribution in [0.5, 0.6) is 0 Å². The molecular formula is C14H22N2. The van der Waals surface area contributed by atoms with Crippen molar-refractivity contribution in [3.8, 4) is 0 Å². The van der Waals surface area contributed by atoms with Gasteiger partial charge in [-0.3, -0.25) is 4.98 Å². The summed E-state index contributed by atoms with van der Waals surface area (Å²) >= 11 is 0. The first-order valence-electron chi connectivity index (χ1n) is 6.11. The third-order valence-electron chi connectivity index (χ3n) is 2.61. The van der Waals surface area contributed by atoms with E-state index in [1.54, 1.807) is 0 Å². The summed E-state index contributed by atoms with van der Waals surface area (Å²) in [5.41, 5.74) is 1.18. The topological polar surface area (TPSA) is 24.9 Å². The van der Waals surface area contributed by atoms with Crippen LogP contribution in [0.2, 0.25) is 0 Å². The van der Waals surface area contributed by atoms with Gasteiger partial charge in [-0.05, 0) is 44.4 Å². The fourth-order valence-electron chi connectivity index (χ4n) is 1.72. The zero-order valence-corrected chi connectivity index (χ0v) is 10.2. The fourth-order valence-corrected chi connectivity index (χ4v) is 1.72. The number of aryl methyl sites for hydroxylation is 1. The highest BCUT2D eigenvalue weighted by Gasteiger charge is 2.05. The molecular weight excluding hydrogens is 196 g/mol. The van der Waals surface area contributed by atoms with E-state index >= 15 is 0 Å². The van der Waals surface area contributed by atoms with Gasteiger partial charge in [0.15, 0.2) is 0 Å². The van der Waals surface area contributed by atoms with Gasteiger partial charge in [-0.2, -0.15) is 0 Å². The van der Waals surface area contributed by atoms with E-state index in [4.69, 9.17) is 0 Å². The van der Waals surface area contributed by atoms with Crippen molar-refractivity contribution in [3.63, 3.8) is 0 Å². The zero-order valence-electron chi connectivity index (χ0n) is 10.2. The van der Waals surface area contributed by atoms with Crippen molar-refractivity contribution in [2.24, 2.45) is 0 Å². The number of pyridine rings is 1. The van der Waals surface area contributed by atoms with Crippen LogP contribution in [-0.2, 0) is 6.42 Å². The molecule has 0 bridgehead atoms. The minimum atomic E-state index is 0.541. The molecule has 0 radical (unpaired) electrons. The van der Waals surface area contributed by atoms with Gasteiger partial charge in [-0.25, -0.2) is 0 Å². The van der Waals surface area contributed by atoms with Gasteiger partial charge >= 0.3 is 0 Å². The first-order chi connectivity index (χ1) is 7.86. The predicted molar refractivity (Wildman–Crippen MR) is 69.5 cm³/mol. The van der Waals surface area contributed by atoms with Crippen LogP contribution in [-0.4, -0.2) is 17.6 Å². The highest BCUT2D eigenvalue weighted by molar-refractivity contribution is 5.03. The average Bonchev–Trinajstić information content (AvgIpc) is 2.34. The quantitative estimate of drug-likeness (QED) is 0.679. The Labute approximate surface area is 98.8 Å². The van der Waals surface area contributed by atoms with Crippen LogP contribution in [0.3, 0.4) is 0 Å². The monoisotopic (exact) mass is 218 g/mol. The summed E-state index contributed by atoms with van der Waals surface area (Å²) in [7, 11) is 0. The number of hydrogen-bond acceptors (Lipinski definition) is 2. The van der Waals surface area contributed by atoms with E-state index < -0.39 is 0 Å². The second kappa shape index (κ2) is 8.05. The summed E-state index contributed by atoms with van der Waals surface area (Å²) in [5.74, 6) is 0. The van der Waals surface area contributed by atoms with Gasteiger partial charge in [0.2, 0.25) is 0 Å². The van der Waals surface area contributed by atoms with E-state index in [0.717, 1.165) is 25.8 Å². The Hall–Kier alpha value is -1.15. The summed E-state index contributed by atoms with van der Waals surface area (Å²) < 4.78 is 0. The molecule has 1 atom stereocenters. The molecule has 0 fully saturated rings. The van der Waals surface area contributed by atoms with Gasteiger partial charge in [0.25, 0.3) is 0 Å². The summed E-state index contributed by atoms with van der Waals surface area (Å²) in [6, 6.07) is 6.63. The van der Waals surface area contributed by atoms with E-state index in [1.165, 1.54) is 12.1 Å². The Kier molecular flexibility index (Phi) is 6.50. The maximum atomic E-state index is 4.34. The van der Waals surface area contributed by atoms with Crippen molar-refractivity contribution in [3.05, 3.63) is 42.7 Å². The highest BCUT2D eigenvalue weighted by Crippen LogP contribution is 2.05. The second-order valence-electron chi connectivity index (χ2n) is 4.04. The average molecular weight is 218 g/mol. The molecule has 2 heteroatoms. The van der Waals surface area contributed by atoms with E-state index in [1.807, 2.05) is 24.4 Å². The van der Waals surface area contributed by atoms with Gasteiger partial charge in [-0.1, -0.05) is 19.1 Å². The minimum Gasteiger partial charge on any atom is -0.314 e. The molecule has 0 aliphatic rings. The van der Waals surface area contributed by atoms with E-state index in [2.05, 4.69) is 29.9 Å². The van der Waals surface area contributed by atoms with Crippen LogP contribution < -0.4 is 5.32 Å². The molecule has 1 aromatic rings. The molecule has 1 aromatic heterocycles. The Balaban J connectivity index is 2.34. The summed E-state index contributed by atoms with van der Waals surface area (Å²) in [4.78, 5) is 4.34. The lowest BCUT2D eigenvalue weighted by molar-refractivity contribution is 0.482. The van der Waals surface area contributed by atoms with Gasteiger partial charge in [0.05, 0.1) is 0 Å². The van der Waals surface area contributed by atoms with Gasteiger partial charge in [0, 0.05) is 17.9 Å². The van der Waals surface area contributed by atoms with Crippen LogP contribution in [0.15, 0.2) is 37.1 Å². The Morgan fingerprint density at radius 3 is 3.00 bits per heavy atom. The summed E-state index contributed by atoms with van der Waals surface area (Å²) in [5, 5.41) is 3.54. The third-order valence-corrected chi connectivity index (χ3v) is 2.61. The lowest BCUT2D eigenvalue weighted by Gasteiger charge is -2.16. The molecule has 1 rings (SSSR count). The molecule has 1 N–H and O–H groups in total. The van der Waals surface area contributed by atoms with E-state index in [0.29, 0.717) is 6.04 Å². The maximum absolute atomic E-state index is 4.34.